The number of amides is 2. The molecule has 0 aliphatic heterocycles. The number of carbonyl (C=O) groups excluding carboxylic acids is 2. The van der Waals surface area contributed by atoms with Crippen LogP contribution >= 0.6 is 0 Å². The minimum Gasteiger partial charge on any atom is -0.444 e. The third-order valence-electron chi connectivity index (χ3n) is 4.48. The highest BCUT2D eigenvalue weighted by molar-refractivity contribution is 5.84. The maximum Gasteiger partial charge on any atom is 0.408 e. The van der Waals surface area contributed by atoms with E-state index < -0.39 is 17.7 Å². The lowest BCUT2D eigenvalue weighted by molar-refractivity contribution is -0.171. The van der Waals surface area contributed by atoms with Crippen LogP contribution in [0.1, 0.15) is 46.5 Å². The van der Waals surface area contributed by atoms with E-state index in [2.05, 4.69) is 5.32 Å². The Kier molecular flexibility index (Phi) is 5.00. The van der Waals surface area contributed by atoms with Crippen LogP contribution in [-0.4, -0.2) is 42.9 Å². The topological polar surface area (TPSA) is 67.9 Å². The maximum absolute atomic E-state index is 12.4. The van der Waals surface area contributed by atoms with Crippen LogP contribution in [0, 0.1) is 17.8 Å². The molecule has 0 radical (unpaired) electrons. The Morgan fingerprint density at radius 3 is 2.32 bits per heavy atom. The van der Waals surface area contributed by atoms with E-state index in [4.69, 9.17) is 9.57 Å². The van der Waals surface area contributed by atoms with Crippen molar-refractivity contribution in [2.24, 2.45) is 17.8 Å². The molecule has 126 valence electrons. The number of rotatable bonds is 5. The lowest BCUT2D eigenvalue weighted by Crippen LogP contribution is -2.49. The highest BCUT2D eigenvalue weighted by Crippen LogP contribution is 2.55. The zero-order valence-corrected chi connectivity index (χ0v) is 14.2. The molecule has 0 spiro atoms. The lowest BCUT2D eigenvalue weighted by atomic mass is 9.94. The molecular weight excluding hydrogens is 284 g/mol. The summed E-state index contributed by atoms with van der Waals surface area (Å²) in [4.78, 5) is 29.3. The lowest BCUT2D eigenvalue weighted by Gasteiger charge is -2.27. The van der Waals surface area contributed by atoms with Crippen molar-refractivity contribution in [3.8, 4) is 0 Å². The molecule has 6 nitrogen and oxygen atoms in total. The second kappa shape index (κ2) is 6.44. The summed E-state index contributed by atoms with van der Waals surface area (Å²) in [6, 6.07) is -0.595. The maximum atomic E-state index is 12.4. The van der Waals surface area contributed by atoms with Gasteiger partial charge in [0, 0.05) is 7.05 Å². The van der Waals surface area contributed by atoms with Gasteiger partial charge in [-0.05, 0) is 64.2 Å². The van der Waals surface area contributed by atoms with Gasteiger partial charge in [-0.1, -0.05) is 0 Å². The van der Waals surface area contributed by atoms with E-state index in [1.807, 2.05) is 0 Å². The second-order valence-electron chi connectivity index (χ2n) is 7.55. The van der Waals surface area contributed by atoms with Gasteiger partial charge in [-0.15, -0.1) is 0 Å². The fourth-order valence-corrected chi connectivity index (χ4v) is 3.35. The molecular formula is C16H28N2O4. The van der Waals surface area contributed by atoms with Gasteiger partial charge in [-0.25, -0.2) is 9.86 Å². The van der Waals surface area contributed by atoms with Crippen LogP contribution in [0.5, 0.6) is 0 Å². The smallest absolute Gasteiger partial charge is 0.408 e. The quantitative estimate of drug-likeness (QED) is 0.791. The predicted octanol–water partition coefficient (Wildman–Crippen LogP) is 2.34. The summed E-state index contributed by atoms with van der Waals surface area (Å²) < 4.78 is 5.26. The van der Waals surface area contributed by atoms with E-state index in [0.717, 1.165) is 16.9 Å². The molecule has 0 bridgehead atoms. The van der Waals surface area contributed by atoms with Crippen LogP contribution < -0.4 is 5.32 Å². The Balaban J connectivity index is 1.94. The first-order valence-corrected chi connectivity index (χ1v) is 8.00. The highest BCUT2D eigenvalue weighted by Gasteiger charge is 2.46. The van der Waals surface area contributed by atoms with Crippen LogP contribution in [0.2, 0.25) is 0 Å². The summed E-state index contributed by atoms with van der Waals surface area (Å²) in [5, 5.41) is 3.88. The number of carbonyl (C=O) groups is 2. The van der Waals surface area contributed by atoms with E-state index >= 15 is 0 Å². The summed E-state index contributed by atoms with van der Waals surface area (Å²) in [5.41, 5.74) is -0.584. The van der Waals surface area contributed by atoms with Crippen molar-refractivity contribution in [1.29, 1.82) is 0 Å². The van der Waals surface area contributed by atoms with Crippen LogP contribution in [-0.2, 0) is 14.4 Å². The number of nitrogens with zero attached hydrogens (tertiary/aromatic N) is 1. The second-order valence-corrected chi connectivity index (χ2v) is 7.55. The molecule has 0 aromatic carbocycles. The third kappa shape index (κ3) is 4.60. The Morgan fingerprint density at radius 2 is 1.82 bits per heavy atom. The minimum absolute atomic E-state index is 0.242. The minimum atomic E-state index is -0.595. The standard InChI is InChI=1S/C16H28N2O4/c1-16(2,3)22-15(20)17-13(14(19)18(4)21-5)8-10-6-11-9-12(11)7-10/h10-13H,6-9H2,1-5H3,(H,17,20)/t10?,11-,12+,13-/m0/s1. The molecule has 1 N–H and O–H groups in total. The van der Waals surface area contributed by atoms with Crippen LogP contribution in [0.3, 0.4) is 0 Å². The van der Waals surface area contributed by atoms with E-state index in [9.17, 15) is 9.59 Å². The Morgan fingerprint density at radius 1 is 1.23 bits per heavy atom. The molecule has 2 saturated carbocycles. The molecule has 2 rings (SSSR count). The van der Waals surface area contributed by atoms with Crippen molar-refractivity contribution in [3.05, 3.63) is 0 Å². The largest absolute Gasteiger partial charge is 0.444 e. The van der Waals surface area contributed by atoms with Crippen molar-refractivity contribution >= 4 is 12.0 Å². The molecule has 2 aliphatic rings. The third-order valence-corrected chi connectivity index (χ3v) is 4.48. The zero-order valence-electron chi connectivity index (χ0n) is 14.2. The van der Waals surface area contributed by atoms with E-state index in [1.165, 1.54) is 26.4 Å². The van der Waals surface area contributed by atoms with Crippen molar-refractivity contribution in [1.82, 2.24) is 10.4 Å². The number of nitrogens with one attached hydrogen (secondary N) is 1. The molecule has 2 aliphatic carbocycles. The zero-order chi connectivity index (χ0) is 16.5. The average molecular weight is 312 g/mol. The van der Waals surface area contributed by atoms with Crippen molar-refractivity contribution < 1.29 is 19.2 Å². The van der Waals surface area contributed by atoms with Gasteiger partial charge in [0.1, 0.15) is 11.6 Å². The average Bonchev–Trinajstić information content (AvgIpc) is 3.01. The summed E-state index contributed by atoms with van der Waals surface area (Å²) in [6.07, 6.45) is 3.77. The molecule has 0 aromatic rings. The number of likely N-dealkylation sites (N-methyl/N-ethyl adjacent to an activating group) is 1. The molecule has 0 heterocycles. The summed E-state index contributed by atoms with van der Waals surface area (Å²) >= 11 is 0. The molecule has 0 saturated heterocycles. The van der Waals surface area contributed by atoms with Crippen molar-refractivity contribution in [2.75, 3.05) is 14.2 Å². The van der Waals surface area contributed by atoms with Gasteiger partial charge < -0.3 is 10.1 Å². The monoisotopic (exact) mass is 312 g/mol. The van der Waals surface area contributed by atoms with Gasteiger partial charge in [-0.2, -0.15) is 0 Å². The number of ether oxygens (including phenoxy) is 1. The Bertz CT molecular complexity index is 422. The number of hydrogen-bond donors (Lipinski definition) is 1. The molecule has 1 unspecified atom stereocenters. The molecule has 22 heavy (non-hydrogen) atoms. The van der Waals surface area contributed by atoms with Crippen LogP contribution in [0.4, 0.5) is 4.79 Å². The van der Waals surface area contributed by atoms with E-state index in [0.29, 0.717) is 12.3 Å². The van der Waals surface area contributed by atoms with Gasteiger partial charge >= 0.3 is 6.09 Å². The van der Waals surface area contributed by atoms with Crippen LogP contribution in [0.25, 0.3) is 0 Å². The Labute approximate surface area is 132 Å². The predicted molar refractivity (Wildman–Crippen MR) is 81.9 cm³/mol. The molecule has 6 heteroatoms. The first kappa shape index (κ1) is 17.1. The Hall–Kier alpha value is -1.30. The van der Waals surface area contributed by atoms with Gasteiger partial charge in [-0.3, -0.25) is 9.63 Å². The normalized spacial score (nSPS) is 27.8. The first-order chi connectivity index (χ1) is 10.2. The van der Waals surface area contributed by atoms with E-state index in [1.54, 1.807) is 27.8 Å². The van der Waals surface area contributed by atoms with Gasteiger partial charge in [0.15, 0.2) is 0 Å². The molecule has 4 atom stereocenters. The number of hydroxylamine groups is 2. The summed E-state index contributed by atoms with van der Waals surface area (Å²) in [6.45, 7) is 5.40. The molecule has 2 amide bonds. The first-order valence-electron chi connectivity index (χ1n) is 8.00. The fourth-order valence-electron chi connectivity index (χ4n) is 3.35. The van der Waals surface area contributed by atoms with Gasteiger partial charge in [0.2, 0.25) is 0 Å². The fraction of sp³-hybridized carbons (Fsp3) is 0.875. The number of fused-ring (bicyclic) bond motifs is 1. The van der Waals surface area contributed by atoms with Crippen LogP contribution in [0.15, 0.2) is 0 Å². The molecule has 2 fully saturated rings. The van der Waals surface area contributed by atoms with Gasteiger partial charge in [0.25, 0.3) is 5.91 Å². The highest BCUT2D eigenvalue weighted by atomic mass is 16.7. The number of hydrogen-bond acceptors (Lipinski definition) is 4. The summed E-state index contributed by atoms with van der Waals surface area (Å²) in [7, 11) is 2.99. The number of alkyl carbamates (subject to hydrolysis) is 1. The van der Waals surface area contributed by atoms with E-state index in [-0.39, 0.29) is 5.91 Å². The SMILES string of the molecule is CON(C)C(=O)[C@H](CC1C[C@@H]2C[C@@H]2C1)NC(=O)OC(C)(C)C. The van der Waals surface area contributed by atoms with Crippen molar-refractivity contribution in [2.45, 2.75) is 58.1 Å². The summed E-state index contributed by atoms with van der Waals surface area (Å²) in [5.74, 6) is 1.96. The van der Waals surface area contributed by atoms with Crippen molar-refractivity contribution in [3.63, 3.8) is 0 Å². The molecule has 0 aromatic heterocycles. The van der Waals surface area contributed by atoms with Gasteiger partial charge in [0.05, 0.1) is 7.11 Å².